The highest BCUT2D eigenvalue weighted by Crippen LogP contribution is 2.13. The van der Waals surface area contributed by atoms with Crippen molar-refractivity contribution in [2.45, 2.75) is 25.3 Å². The first-order valence-corrected chi connectivity index (χ1v) is 7.11. The number of fused-ring (bicyclic) bond motifs is 1. The van der Waals surface area contributed by atoms with Crippen LogP contribution in [-0.4, -0.2) is 28.0 Å². The van der Waals surface area contributed by atoms with Gasteiger partial charge in [0.1, 0.15) is 6.04 Å². The van der Waals surface area contributed by atoms with E-state index in [1.165, 1.54) is 6.20 Å². The minimum atomic E-state index is -1.04. The second kappa shape index (κ2) is 7.36. The van der Waals surface area contributed by atoms with Crippen LogP contribution in [0.4, 0.5) is 0 Å². The Morgan fingerprint density at radius 1 is 1.36 bits per heavy atom. The van der Waals surface area contributed by atoms with E-state index in [1.807, 2.05) is 24.3 Å². The van der Waals surface area contributed by atoms with Crippen LogP contribution < -0.4 is 5.32 Å². The molecule has 0 saturated heterocycles. The first-order chi connectivity index (χ1) is 10.6. The van der Waals surface area contributed by atoms with Crippen molar-refractivity contribution < 1.29 is 14.7 Å². The molecule has 0 aliphatic carbocycles. The lowest BCUT2D eigenvalue weighted by Crippen LogP contribution is -2.40. The van der Waals surface area contributed by atoms with Crippen LogP contribution in [0.15, 0.2) is 49.2 Å². The Kier molecular flexibility index (Phi) is 5.25. The summed E-state index contributed by atoms with van der Waals surface area (Å²) in [7, 11) is 0. The molecule has 0 unspecified atom stereocenters. The number of benzene rings is 1. The molecule has 2 aromatic rings. The van der Waals surface area contributed by atoms with Gasteiger partial charge in [0.25, 0.3) is 5.91 Å². The number of hydrogen-bond acceptors (Lipinski definition) is 3. The maximum absolute atomic E-state index is 12.2. The number of amides is 1. The van der Waals surface area contributed by atoms with Crippen LogP contribution in [0.5, 0.6) is 0 Å². The average Bonchev–Trinajstić information content (AvgIpc) is 2.53. The fraction of sp³-hybridized carbons (Fsp3) is 0.235. The molecule has 0 radical (unpaired) electrons. The third-order valence-electron chi connectivity index (χ3n) is 3.36. The van der Waals surface area contributed by atoms with Gasteiger partial charge in [0.2, 0.25) is 0 Å². The molecule has 2 N–H and O–H groups in total. The SMILES string of the molecule is C=CCCC[C@H](NC(=O)c1cnc2ccccc2c1)C(=O)O. The van der Waals surface area contributed by atoms with E-state index >= 15 is 0 Å². The van der Waals surface area contributed by atoms with Crippen LogP contribution in [0.1, 0.15) is 29.6 Å². The van der Waals surface area contributed by atoms with Crippen molar-refractivity contribution in [3.05, 3.63) is 54.7 Å². The van der Waals surface area contributed by atoms with Crippen LogP contribution in [0.3, 0.4) is 0 Å². The molecule has 1 heterocycles. The van der Waals surface area contributed by atoms with Crippen molar-refractivity contribution in [1.82, 2.24) is 10.3 Å². The summed E-state index contributed by atoms with van der Waals surface area (Å²) in [5.74, 6) is -1.46. The van der Waals surface area contributed by atoms with Crippen LogP contribution >= 0.6 is 0 Å². The molecule has 2 rings (SSSR count). The van der Waals surface area contributed by atoms with Gasteiger partial charge in [0.15, 0.2) is 0 Å². The summed E-state index contributed by atoms with van der Waals surface area (Å²) in [5.41, 5.74) is 1.15. The second-order valence-electron chi connectivity index (χ2n) is 5.00. The standard InChI is InChI=1S/C17H18N2O3/c1-2-3-4-9-15(17(21)22)19-16(20)13-10-12-7-5-6-8-14(12)18-11-13/h2,5-8,10-11,15H,1,3-4,9H2,(H,19,20)(H,21,22)/t15-/m0/s1. The Morgan fingerprint density at radius 3 is 2.86 bits per heavy atom. The summed E-state index contributed by atoms with van der Waals surface area (Å²) < 4.78 is 0. The van der Waals surface area contributed by atoms with E-state index < -0.39 is 17.9 Å². The number of hydrogen-bond donors (Lipinski definition) is 2. The first-order valence-electron chi connectivity index (χ1n) is 7.11. The number of aromatic nitrogens is 1. The van der Waals surface area contributed by atoms with Gasteiger partial charge >= 0.3 is 5.97 Å². The van der Waals surface area contributed by atoms with Crippen LogP contribution in [-0.2, 0) is 4.79 Å². The van der Waals surface area contributed by atoms with Crippen molar-refractivity contribution >= 4 is 22.8 Å². The number of allylic oxidation sites excluding steroid dienone is 1. The lowest BCUT2D eigenvalue weighted by molar-refractivity contribution is -0.139. The third-order valence-corrected chi connectivity index (χ3v) is 3.36. The molecule has 0 aliphatic heterocycles. The molecule has 0 saturated carbocycles. The Balaban J connectivity index is 2.10. The van der Waals surface area contributed by atoms with Crippen LogP contribution in [0.25, 0.3) is 10.9 Å². The largest absolute Gasteiger partial charge is 0.480 e. The van der Waals surface area contributed by atoms with E-state index in [0.717, 1.165) is 17.3 Å². The molecule has 0 aliphatic rings. The first kappa shape index (κ1) is 15.7. The number of rotatable bonds is 7. The van der Waals surface area contributed by atoms with Crippen molar-refractivity contribution in [3.8, 4) is 0 Å². The fourth-order valence-corrected chi connectivity index (χ4v) is 2.16. The zero-order chi connectivity index (χ0) is 15.9. The third kappa shape index (κ3) is 3.91. The lowest BCUT2D eigenvalue weighted by atomic mass is 10.1. The Morgan fingerprint density at radius 2 is 2.14 bits per heavy atom. The number of nitrogens with one attached hydrogen (secondary N) is 1. The van der Waals surface area contributed by atoms with Gasteiger partial charge in [-0.05, 0) is 31.4 Å². The predicted octanol–water partition coefficient (Wildman–Crippen LogP) is 2.77. The highest BCUT2D eigenvalue weighted by molar-refractivity contribution is 5.99. The zero-order valence-corrected chi connectivity index (χ0v) is 12.2. The molecule has 1 aromatic carbocycles. The molecular formula is C17H18N2O3. The van der Waals surface area contributed by atoms with Gasteiger partial charge in [-0.1, -0.05) is 24.3 Å². The highest BCUT2D eigenvalue weighted by Gasteiger charge is 2.20. The maximum Gasteiger partial charge on any atom is 0.326 e. The number of pyridine rings is 1. The van der Waals surface area contributed by atoms with Crippen molar-refractivity contribution in [3.63, 3.8) is 0 Å². The monoisotopic (exact) mass is 298 g/mol. The molecule has 0 fully saturated rings. The van der Waals surface area contributed by atoms with Gasteiger partial charge < -0.3 is 10.4 Å². The number of carboxylic acids is 1. The van der Waals surface area contributed by atoms with E-state index in [0.29, 0.717) is 18.4 Å². The van der Waals surface area contributed by atoms with Crippen LogP contribution in [0, 0.1) is 0 Å². The molecule has 1 aromatic heterocycles. The highest BCUT2D eigenvalue weighted by atomic mass is 16.4. The van der Waals surface area contributed by atoms with Gasteiger partial charge in [0, 0.05) is 11.6 Å². The molecule has 5 heteroatoms. The van der Waals surface area contributed by atoms with Crippen molar-refractivity contribution in [2.24, 2.45) is 0 Å². The molecule has 0 spiro atoms. The Labute approximate surface area is 128 Å². The van der Waals surface area contributed by atoms with E-state index in [2.05, 4.69) is 16.9 Å². The smallest absolute Gasteiger partial charge is 0.326 e. The number of unbranched alkanes of at least 4 members (excludes halogenated alkanes) is 1. The molecule has 1 amide bonds. The summed E-state index contributed by atoms with van der Waals surface area (Å²) in [6.45, 7) is 3.60. The summed E-state index contributed by atoms with van der Waals surface area (Å²) in [4.78, 5) is 27.6. The molecular weight excluding hydrogens is 280 g/mol. The Bertz CT molecular complexity index is 697. The summed E-state index contributed by atoms with van der Waals surface area (Å²) in [6, 6.07) is 8.25. The van der Waals surface area contributed by atoms with E-state index in [4.69, 9.17) is 0 Å². The zero-order valence-electron chi connectivity index (χ0n) is 12.2. The number of aliphatic carboxylic acids is 1. The molecule has 114 valence electrons. The summed E-state index contributed by atoms with van der Waals surface area (Å²) in [5, 5.41) is 12.6. The van der Waals surface area contributed by atoms with Gasteiger partial charge in [-0.25, -0.2) is 4.79 Å². The average molecular weight is 298 g/mol. The van der Waals surface area contributed by atoms with E-state index in [-0.39, 0.29) is 0 Å². The van der Waals surface area contributed by atoms with Gasteiger partial charge in [-0.3, -0.25) is 9.78 Å². The predicted molar refractivity (Wildman–Crippen MR) is 84.7 cm³/mol. The van der Waals surface area contributed by atoms with Crippen molar-refractivity contribution in [2.75, 3.05) is 0 Å². The molecule has 1 atom stereocenters. The molecule has 0 bridgehead atoms. The lowest BCUT2D eigenvalue weighted by Gasteiger charge is -2.14. The van der Waals surface area contributed by atoms with Crippen LogP contribution in [0.2, 0.25) is 0 Å². The minimum absolute atomic E-state index is 0.355. The summed E-state index contributed by atoms with van der Waals surface area (Å²) >= 11 is 0. The van der Waals surface area contributed by atoms with Gasteiger partial charge in [-0.15, -0.1) is 6.58 Å². The number of carbonyl (C=O) groups is 2. The van der Waals surface area contributed by atoms with Crippen molar-refractivity contribution in [1.29, 1.82) is 0 Å². The fourth-order valence-electron chi connectivity index (χ4n) is 2.16. The molecule has 5 nitrogen and oxygen atoms in total. The second-order valence-corrected chi connectivity index (χ2v) is 5.00. The molecule has 22 heavy (non-hydrogen) atoms. The normalized spacial score (nSPS) is 11.8. The number of carbonyl (C=O) groups excluding carboxylic acids is 1. The number of para-hydroxylation sites is 1. The Hall–Kier alpha value is -2.69. The van der Waals surface area contributed by atoms with Gasteiger partial charge in [0.05, 0.1) is 11.1 Å². The topological polar surface area (TPSA) is 79.3 Å². The van der Waals surface area contributed by atoms with E-state index in [1.54, 1.807) is 12.1 Å². The number of nitrogens with zero attached hydrogens (tertiary/aromatic N) is 1. The maximum atomic E-state index is 12.2. The summed E-state index contributed by atoms with van der Waals surface area (Å²) in [6.07, 6.45) is 4.94. The van der Waals surface area contributed by atoms with Gasteiger partial charge in [-0.2, -0.15) is 0 Å². The number of carboxylic acid groups (broad SMARTS) is 1. The minimum Gasteiger partial charge on any atom is -0.480 e. The quantitative estimate of drug-likeness (QED) is 0.608. The van der Waals surface area contributed by atoms with E-state index in [9.17, 15) is 14.7 Å².